The predicted octanol–water partition coefficient (Wildman–Crippen LogP) is 16.1. The molecule has 0 bridgehead atoms. The Balaban J connectivity index is 1.98. The first-order chi connectivity index (χ1) is 21.9. The Hall–Kier alpha value is -0.780. The van der Waals surface area contributed by atoms with Gasteiger partial charge in [0.05, 0.1) is 0 Å². The van der Waals surface area contributed by atoms with Crippen molar-refractivity contribution in [2.24, 2.45) is 0 Å². The maximum Gasteiger partial charge on any atom is -0.0197 e. The van der Waals surface area contributed by atoms with Crippen molar-refractivity contribution in [1.29, 1.82) is 0 Å². The van der Waals surface area contributed by atoms with E-state index in [1.807, 2.05) is 5.92 Å². The summed E-state index contributed by atoms with van der Waals surface area (Å²) < 4.78 is 0. The Bertz CT molecular complexity index is 597. The Kier molecular flexibility index (Phi) is 32.9. The van der Waals surface area contributed by atoms with Gasteiger partial charge in [0.2, 0.25) is 0 Å². The zero-order chi connectivity index (χ0) is 31.4. The fraction of sp³-hybridized carbons (Fsp3) is 0.841. The summed E-state index contributed by atoms with van der Waals surface area (Å²) in [5.41, 5.74) is 1.52. The number of unbranched alkanes of at least 4 members (excludes halogenated alkanes) is 30. The zero-order valence-electron chi connectivity index (χ0n) is 30.6. The zero-order valence-corrected chi connectivity index (χ0v) is 30.6. The summed E-state index contributed by atoms with van der Waals surface area (Å²) in [4.78, 5) is 0. The molecule has 0 heteroatoms. The number of hydrogen-bond donors (Lipinski definition) is 0. The standard InChI is InChI=1S/C44H81/c1-3-5-7-9-11-13-15-17-19-21-23-25-27-29-31-34-38-43(42-44-40-36-33-37-41-44)39-35-32-30-28-26-24-22-20-18-16-14-12-10-8-6-4-2/h33,36-37,40-41H,3-32,34-35,38-39,42H2,1-2H3. The molecule has 1 aromatic rings. The van der Waals surface area contributed by atoms with E-state index in [0.717, 1.165) is 0 Å². The third-order valence-electron chi connectivity index (χ3n) is 10.1. The molecule has 0 aliphatic carbocycles. The molecule has 0 unspecified atom stereocenters. The molecule has 0 aliphatic heterocycles. The predicted molar refractivity (Wildman–Crippen MR) is 202 cm³/mol. The van der Waals surface area contributed by atoms with Gasteiger partial charge in [-0.3, -0.25) is 0 Å². The molecule has 257 valence electrons. The van der Waals surface area contributed by atoms with Crippen molar-refractivity contribution in [1.82, 2.24) is 0 Å². The molecule has 0 aliphatic rings. The van der Waals surface area contributed by atoms with Crippen molar-refractivity contribution >= 4 is 0 Å². The number of rotatable bonds is 36. The van der Waals surface area contributed by atoms with E-state index < -0.39 is 0 Å². The topological polar surface area (TPSA) is 0 Å². The molecule has 0 saturated heterocycles. The lowest BCUT2D eigenvalue weighted by molar-refractivity contribution is 0.515. The molecule has 0 saturated carbocycles. The van der Waals surface area contributed by atoms with Crippen LogP contribution in [0.1, 0.15) is 238 Å². The summed E-state index contributed by atoms with van der Waals surface area (Å²) in [6, 6.07) is 11.3. The van der Waals surface area contributed by atoms with E-state index >= 15 is 0 Å². The molecule has 1 rings (SSSR count). The van der Waals surface area contributed by atoms with Gasteiger partial charge in [-0.25, -0.2) is 0 Å². The molecule has 44 heavy (non-hydrogen) atoms. The second-order valence-corrected chi connectivity index (χ2v) is 14.5. The average molecular weight is 610 g/mol. The number of benzene rings is 1. The van der Waals surface area contributed by atoms with Crippen LogP contribution in [-0.4, -0.2) is 0 Å². The summed E-state index contributed by atoms with van der Waals surface area (Å²) >= 11 is 0. The average Bonchev–Trinajstić information content (AvgIpc) is 3.04. The molecule has 0 fully saturated rings. The summed E-state index contributed by atoms with van der Waals surface area (Å²) in [5, 5.41) is 0. The van der Waals surface area contributed by atoms with Crippen LogP contribution in [0.2, 0.25) is 0 Å². The van der Waals surface area contributed by atoms with Gasteiger partial charge < -0.3 is 0 Å². The maximum atomic E-state index is 2.33. The summed E-state index contributed by atoms with van der Waals surface area (Å²) in [7, 11) is 0. The highest BCUT2D eigenvalue weighted by molar-refractivity contribution is 5.19. The van der Waals surface area contributed by atoms with E-state index in [4.69, 9.17) is 0 Å². The van der Waals surface area contributed by atoms with Gasteiger partial charge in [0, 0.05) is 0 Å². The first-order valence-electron chi connectivity index (χ1n) is 20.7. The van der Waals surface area contributed by atoms with E-state index in [9.17, 15) is 0 Å². The molecule has 0 amide bonds. The molecule has 1 aromatic carbocycles. The molecule has 0 spiro atoms. The van der Waals surface area contributed by atoms with Crippen molar-refractivity contribution in [2.75, 3.05) is 0 Å². The smallest absolute Gasteiger partial charge is 0.0197 e. The summed E-state index contributed by atoms with van der Waals surface area (Å²) in [6.07, 6.45) is 50.6. The largest absolute Gasteiger partial charge is 0.0654 e. The minimum Gasteiger partial charge on any atom is -0.0654 e. The van der Waals surface area contributed by atoms with E-state index in [2.05, 4.69) is 44.2 Å². The quantitative estimate of drug-likeness (QED) is 0.0664. The fourth-order valence-electron chi connectivity index (χ4n) is 7.03. The lowest BCUT2D eigenvalue weighted by Crippen LogP contribution is -2.03. The van der Waals surface area contributed by atoms with E-state index in [1.165, 1.54) is 230 Å². The minimum atomic E-state index is 1.22. The van der Waals surface area contributed by atoms with Crippen molar-refractivity contribution in [3.63, 3.8) is 0 Å². The Labute approximate surface area is 279 Å². The van der Waals surface area contributed by atoms with Crippen molar-refractivity contribution in [3.8, 4) is 0 Å². The van der Waals surface area contributed by atoms with Gasteiger partial charge in [-0.2, -0.15) is 0 Å². The Morgan fingerprint density at radius 1 is 0.318 bits per heavy atom. The van der Waals surface area contributed by atoms with Gasteiger partial charge >= 0.3 is 0 Å². The third kappa shape index (κ3) is 29.9. The molecular weight excluding hydrogens is 528 g/mol. The van der Waals surface area contributed by atoms with E-state index in [0.29, 0.717) is 0 Å². The fourth-order valence-corrected chi connectivity index (χ4v) is 7.03. The maximum absolute atomic E-state index is 2.33. The van der Waals surface area contributed by atoms with Gasteiger partial charge in [0.15, 0.2) is 0 Å². The van der Waals surface area contributed by atoms with Crippen LogP contribution in [0.15, 0.2) is 30.3 Å². The molecule has 1 radical (unpaired) electrons. The SMILES string of the molecule is CCCCCCCCCCCCCCCCCC[C](CCCCCCCCCCCCCCCCCC)Cc1ccccc1. The minimum absolute atomic E-state index is 1.22. The molecule has 0 N–H and O–H groups in total. The van der Waals surface area contributed by atoms with Crippen molar-refractivity contribution in [2.45, 2.75) is 239 Å². The molecular formula is C44H81. The Morgan fingerprint density at radius 3 is 0.841 bits per heavy atom. The molecule has 0 nitrogen and oxygen atoms in total. The summed E-state index contributed by atoms with van der Waals surface area (Å²) in [6.45, 7) is 4.62. The van der Waals surface area contributed by atoms with E-state index in [1.54, 1.807) is 0 Å². The normalized spacial score (nSPS) is 11.6. The van der Waals surface area contributed by atoms with E-state index in [-0.39, 0.29) is 0 Å². The van der Waals surface area contributed by atoms with Gasteiger partial charge in [-0.05, 0) is 30.7 Å². The lowest BCUT2D eigenvalue weighted by Gasteiger charge is -2.17. The second kappa shape index (κ2) is 35.1. The number of hydrogen-bond acceptors (Lipinski definition) is 0. The highest BCUT2D eigenvalue weighted by atomic mass is 14.2. The van der Waals surface area contributed by atoms with Crippen LogP contribution in [0.5, 0.6) is 0 Å². The van der Waals surface area contributed by atoms with Crippen LogP contribution in [0.4, 0.5) is 0 Å². The monoisotopic (exact) mass is 610 g/mol. The second-order valence-electron chi connectivity index (χ2n) is 14.5. The molecule has 0 atom stereocenters. The summed E-state index contributed by atoms with van der Waals surface area (Å²) in [5.74, 6) is 1.83. The first kappa shape index (κ1) is 41.2. The Morgan fingerprint density at radius 2 is 0.568 bits per heavy atom. The molecule has 0 heterocycles. The third-order valence-corrected chi connectivity index (χ3v) is 10.1. The van der Waals surface area contributed by atoms with Crippen LogP contribution in [0.25, 0.3) is 0 Å². The molecule has 0 aromatic heterocycles. The van der Waals surface area contributed by atoms with Gasteiger partial charge in [0.25, 0.3) is 0 Å². The van der Waals surface area contributed by atoms with Gasteiger partial charge in [-0.15, -0.1) is 0 Å². The highest BCUT2D eigenvalue weighted by Gasteiger charge is 2.10. The van der Waals surface area contributed by atoms with Crippen molar-refractivity contribution in [3.05, 3.63) is 41.8 Å². The van der Waals surface area contributed by atoms with Crippen LogP contribution in [0, 0.1) is 5.92 Å². The first-order valence-corrected chi connectivity index (χ1v) is 20.7. The van der Waals surface area contributed by atoms with Crippen LogP contribution in [-0.2, 0) is 6.42 Å². The van der Waals surface area contributed by atoms with Crippen molar-refractivity contribution < 1.29 is 0 Å². The van der Waals surface area contributed by atoms with Crippen LogP contribution >= 0.6 is 0 Å². The van der Waals surface area contributed by atoms with Crippen LogP contribution < -0.4 is 0 Å². The van der Waals surface area contributed by atoms with Gasteiger partial charge in [0.1, 0.15) is 0 Å². The van der Waals surface area contributed by atoms with Gasteiger partial charge in [-0.1, -0.05) is 250 Å². The lowest BCUT2D eigenvalue weighted by atomic mass is 9.88. The van der Waals surface area contributed by atoms with Crippen LogP contribution in [0.3, 0.4) is 0 Å². The highest BCUT2D eigenvalue weighted by Crippen LogP contribution is 2.25.